The highest BCUT2D eigenvalue weighted by Crippen LogP contribution is 2.40. The Kier molecular flexibility index (Phi) is 3.67. The van der Waals surface area contributed by atoms with E-state index in [9.17, 15) is 9.90 Å². The molecule has 1 aliphatic rings. The van der Waals surface area contributed by atoms with Gasteiger partial charge in [-0.15, -0.1) is 0 Å². The van der Waals surface area contributed by atoms with E-state index < -0.39 is 10.8 Å². The lowest BCUT2D eigenvalue weighted by molar-refractivity contribution is -0.140. The monoisotopic (exact) mass is 276 g/mol. The molecule has 0 radical (unpaired) electrons. The first-order valence-electron chi connectivity index (χ1n) is 5.65. The fraction of sp³-hybridized carbons (Fsp3) is 0.231. The van der Waals surface area contributed by atoms with Gasteiger partial charge < -0.3 is 15.2 Å². The molecule has 1 heterocycles. The molecule has 0 aromatic heterocycles. The van der Waals surface area contributed by atoms with Gasteiger partial charge in [0.25, 0.3) is 0 Å². The van der Waals surface area contributed by atoms with Crippen LogP contribution in [0.15, 0.2) is 29.8 Å². The van der Waals surface area contributed by atoms with Crippen LogP contribution in [0.5, 0.6) is 5.75 Å². The van der Waals surface area contributed by atoms with Crippen molar-refractivity contribution in [3.63, 3.8) is 0 Å². The Bertz CT molecular complexity index is 570. The van der Waals surface area contributed by atoms with Crippen LogP contribution in [0, 0.1) is 11.3 Å². The summed E-state index contributed by atoms with van der Waals surface area (Å²) in [5.41, 5.74) is 0.837. The zero-order chi connectivity index (χ0) is 13.9. The number of nitriles is 1. The molecule has 0 saturated carbocycles. The first-order valence-corrected chi connectivity index (χ1v) is 6.53. The normalized spacial score (nSPS) is 20.6. The second-order valence-electron chi connectivity index (χ2n) is 3.81. The third-order valence-corrected chi connectivity index (χ3v) is 3.86. The summed E-state index contributed by atoms with van der Waals surface area (Å²) in [5.74, 6) is -0.541. The number of ether oxygens (including phenoxy) is 1. The van der Waals surface area contributed by atoms with Crippen LogP contribution in [0.3, 0.4) is 0 Å². The summed E-state index contributed by atoms with van der Waals surface area (Å²) >= 11 is 1.15. The summed E-state index contributed by atoms with van der Waals surface area (Å²) in [4.78, 5) is 10.2. The first kappa shape index (κ1) is 13.3. The van der Waals surface area contributed by atoms with Gasteiger partial charge in [-0.25, -0.2) is 4.79 Å². The second kappa shape index (κ2) is 5.24. The molecule has 1 unspecified atom stereocenters. The molecule has 0 saturated heterocycles. The van der Waals surface area contributed by atoms with E-state index >= 15 is 0 Å². The predicted molar refractivity (Wildman–Crippen MR) is 71.5 cm³/mol. The van der Waals surface area contributed by atoms with Gasteiger partial charge in [-0.2, -0.15) is 5.26 Å². The summed E-state index contributed by atoms with van der Waals surface area (Å²) in [6, 6.07) is 6.86. The summed E-state index contributed by atoms with van der Waals surface area (Å²) in [6.45, 7) is 2.28. The van der Waals surface area contributed by atoms with Crippen LogP contribution in [0.25, 0.3) is 0 Å². The molecule has 1 aromatic rings. The van der Waals surface area contributed by atoms with Crippen molar-refractivity contribution in [2.24, 2.45) is 0 Å². The smallest absolute Gasteiger partial charge is 0.345 e. The molecule has 0 spiro atoms. The molecule has 98 valence electrons. The molecule has 1 aliphatic heterocycles. The Morgan fingerprint density at radius 2 is 2.42 bits per heavy atom. The zero-order valence-electron chi connectivity index (χ0n) is 10.2. The van der Waals surface area contributed by atoms with E-state index in [1.807, 2.05) is 13.0 Å². The molecule has 0 amide bonds. The zero-order valence-corrected chi connectivity index (χ0v) is 11.0. The molecule has 2 N–H and O–H groups in total. The minimum Gasteiger partial charge on any atom is -0.492 e. The lowest BCUT2D eigenvalue weighted by Crippen LogP contribution is -2.41. The van der Waals surface area contributed by atoms with Gasteiger partial charge >= 0.3 is 5.97 Å². The minimum absolute atomic E-state index is 0.328. The standard InChI is InChI=1S/C13H12N2O3S/c1-2-18-11-4-3-10(7-9(11)8-14)13(12(16)17)15-5-6-19-13/h3-7,15H,2H2,1H3,(H,16,17). The Morgan fingerprint density at radius 1 is 1.63 bits per heavy atom. The maximum atomic E-state index is 11.5. The number of hydrogen-bond acceptors (Lipinski definition) is 5. The molecule has 19 heavy (non-hydrogen) atoms. The maximum Gasteiger partial charge on any atom is 0.345 e. The van der Waals surface area contributed by atoms with Gasteiger partial charge in [0.2, 0.25) is 4.87 Å². The van der Waals surface area contributed by atoms with Crippen LogP contribution in [0.1, 0.15) is 18.1 Å². The van der Waals surface area contributed by atoms with Crippen LogP contribution in [0.4, 0.5) is 0 Å². The van der Waals surface area contributed by atoms with Crippen molar-refractivity contribution in [1.29, 1.82) is 5.26 Å². The SMILES string of the molecule is CCOc1ccc(C2(C(=O)O)NC=CS2)cc1C#N. The van der Waals surface area contributed by atoms with E-state index in [0.29, 0.717) is 23.5 Å². The van der Waals surface area contributed by atoms with E-state index in [2.05, 4.69) is 5.32 Å². The Balaban J connectivity index is 2.46. The number of carbonyl (C=O) groups is 1. The number of benzene rings is 1. The van der Waals surface area contributed by atoms with Gasteiger partial charge in [-0.1, -0.05) is 17.8 Å². The largest absolute Gasteiger partial charge is 0.492 e. The van der Waals surface area contributed by atoms with Crippen LogP contribution in [-0.2, 0) is 9.67 Å². The van der Waals surface area contributed by atoms with Gasteiger partial charge in [0, 0.05) is 11.8 Å². The third-order valence-electron chi connectivity index (χ3n) is 2.71. The summed E-state index contributed by atoms with van der Waals surface area (Å²) in [7, 11) is 0. The average Bonchev–Trinajstić information content (AvgIpc) is 2.90. The highest BCUT2D eigenvalue weighted by Gasteiger charge is 2.42. The molecule has 0 fully saturated rings. The highest BCUT2D eigenvalue weighted by molar-refractivity contribution is 8.03. The van der Waals surface area contributed by atoms with Crippen LogP contribution in [0.2, 0.25) is 0 Å². The number of nitrogens with zero attached hydrogens (tertiary/aromatic N) is 1. The van der Waals surface area contributed by atoms with Gasteiger partial charge in [-0.3, -0.25) is 0 Å². The number of carboxylic acids is 1. The molecule has 6 heteroatoms. The molecular formula is C13H12N2O3S. The van der Waals surface area contributed by atoms with E-state index in [0.717, 1.165) is 11.8 Å². The fourth-order valence-corrected chi connectivity index (χ4v) is 2.67. The number of aliphatic carboxylic acids is 1. The lowest BCUT2D eigenvalue weighted by Gasteiger charge is -2.25. The van der Waals surface area contributed by atoms with Gasteiger partial charge in [-0.05, 0) is 24.5 Å². The average molecular weight is 276 g/mol. The van der Waals surface area contributed by atoms with Gasteiger partial charge in [0.05, 0.1) is 12.2 Å². The second-order valence-corrected chi connectivity index (χ2v) is 4.93. The summed E-state index contributed by atoms with van der Waals surface area (Å²) < 4.78 is 5.33. The molecule has 2 rings (SSSR count). The van der Waals surface area contributed by atoms with Crippen molar-refractivity contribution >= 4 is 17.7 Å². The Labute approximate surface area is 114 Å². The fourth-order valence-electron chi connectivity index (χ4n) is 1.83. The van der Waals surface area contributed by atoms with E-state index in [-0.39, 0.29) is 0 Å². The number of nitrogens with one attached hydrogen (secondary N) is 1. The van der Waals surface area contributed by atoms with Crippen LogP contribution in [-0.4, -0.2) is 17.7 Å². The number of hydrogen-bond donors (Lipinski definition) is 2. The summed E-state index contributed by atoms with van der Waals surface area (Å²) in [6.07, 6.45) is 1.58. The van der Waals surface area contributed by atoms with Crippen molar-refractivity contribution < 1.29 is 14.6 Å². The quantitative estimate of drug-likeness (QED) is 0.875. The predicted octanol–water partition coefficient (Wildman–Crippen LogP) is 2.00. The molecule has 1 atom stereocenters. The Morgan fingerprint density at radius 3 is 2.95 bits per heavy atom. The van der Waals surface area contributed by atoms with E-state index in [4.69, 9.17) is 10.00 Å². The summed E-state index contributed by atoms with van der Waals surface area (Å²) in [5, 5.41) is 23.0. The van der Waals surface area contributed by atoms with E-state index in [1.54, 1.807) is 29.8 Å². The molecule has 0 aliphatic carbocycles. The van der Waals surface area contributed by atoms with Crippen molar-refractivity contribution in [3.05, 3.63) is 40.9 Å². The topological polar surface area (TPSA) is 82.3 Å². The number of thioether (sulfide) groups is 1. The molecular weight excluding hydrogens is 264 g/mol. The third kappa shape index (κ3) is 2.25. The number of carboxylic acid groups (broad SMARTS) is 1. The molecule has 1 aromatic carbocycles. The van der Waals surface area contributed by atoms with Crippen molar-refractivity contribution in [3.8, 4) is 11.8 Å². The minimum atomic E-state index is -1.27. The van der Waals surface area contributed by atoms with Crippen molar-refractivity contribution in [2.75, 3.05) is 6.61 Å². The van der Waals surface area contributed by atoms with Gasteiger partial charge in [0.15, 0.2) is 0 Å². The van der Waals surface area contributed by atoms with Crippen molar-refractivity contribution in [2.45, 2.75) is 11.8 Å². The highest BCUT2D eigenvalue weighted by atomic mass is 32.2. The van der Waals surface area contributed by atoms with E-state index in [1.165, 1.54) is 0 Å². The van der Waals surface area contributed by atoms with Crippen LogP contribution < -0.4 is 10.1 Å². The van der Waals surface area contributed by atoms with Crippen LogP contribution >= 0.6 is 11.8 Å². The Hall–Kier alpha value is -2.13. The molecule has 0 bridgehead atoms. The maximum absolute atomic E-state index is 11.5. The molecule has 5 nitrogen and oxygen atoms in total. The van der Waals surface area contributed by atoms with Crippen molar-refractivity contribution in [1.82, 2.24) is 5.32 Å². The number of rotatable bonds is 4. The first-order chi connectivity index (χ1) is 9.14. The van der Waals surface area contributed by atoms with Gasteiger partial charge in [0.1, 0.15) is 11.8 Å². The lowest BCUT2D eigenvalue weighted by atomic mass is 10.0.